The molecule has 13 rings (SSSR count). The van der Waals surface area contributed by atoms with Crippen LogP contribution in [0.5, 0.6) is 0 Å². The van der Waals surface area contributed by atoms with E-state index in [1.165, 1.54) is 97.4 Å². The minimum atomic E-state index is -0.558. The van der Waals surface area contributed by atoms with Crippen molar-refractivity contribution in [3.05, 3.63) is 271 Å². The number of anilines is 3. The lowest BCUT2D eigenvalue weighted by molar-refractivity contribution is 0.769. The highest BCUT2D eigenvalue weighted by molar-refractivity contribution is 7.25. The molecule has 0 fully saturated rings. The molecule has 1 aliphatic rings. The lowest BCUT2D eigenvalue weighted by Gasteiger charge is -2.35. The number of rotatable bonds is 7. The third-order valence-electron chi connectivity index (χ3n) is 13.8. The van der Waals surface area contributed by atoms with Crippen molar-refractivity contribution in [2.45, 2.75) is 5.41 Å². The van der Waals surface area contributed by atoms with Crippen molar-refractivity contribution in [2.75, 3.05) is 4.90 Å². The van der Waals surface area contributed by atoms with E-state index in [1.807, 2.05) is 11.3 Å². The summed E-state index contributed by atoms with van der Waals surface area (Å²) in [6.45, 7) is 0. The monoisotopic (exact) mass is 843 g/mol. The molecule has 304 valence electrons. The molecule has 0 radical (unpaired) electrons. The van der Waals surface area contributed by atoms with Crippen molar-refractivity contribution < 1.29 is 0 Å². The molecule has 1 heterocycles. The van der Waals surface area contributed by atoms with Crippen molar-refractivity contribution in [3.63, 3.8) is 0 Å². The van der Waals surface area contributed by atoms with Gasteiger partial charge in [0.1, 0.15) is 0 Å². The van der Waals surface area contributed by atoms with Gasteiger partial charge in [0, 0.05) is 36.9 Å². The van der Waals surface area contributed by atoms with Crippen LogP contribution in [-0.2, 0) is 5.41 Å². The van der Waals surface area contributed by atoms with E-state index in [0.29, 0.717) is 0 Å². The van der Waals surface area contributed by atoms with Crippen LogP contribution >= 0.6 is 11.3 Å². The third kappa shape index (κ3) is 5.85. The average molecular weight is 844 g/mol. The van der Waals surface area contributed by atoms with Gasteiger partial charge >= 0.3 is 0 Å². The molecule has 1 aromatic heterocycles. The second kappa shape index (κ2) is 15.1. The van der Waals surface area contributed by atoms with Gasteiger partial charge in [-0.25, -0.2) is 0 Å². The molecule has 1 atom stereocenters. The van der Waals surface area contributed by atoms with Crippen LogP contribution in [0, 0.1) is 0 Å². The largest absolute Gasteiger partial charge is 0.310 e. The molecule has 1 unspecified atom stereocenters. The average Bonchev–Trinajstić information content (AvgIpc) is 3.90. The minimum absolute atomic E-state index is 0.558. The summed E-state index contributed by atoms with van der Waals surface area (Å²) in [6.07, 6.45) is 0. The quantitative estimate of drug-likeness (QED) is 0.154. The number of benzene rings is 11. The van der Waals surface area contributed by atoms with E-state index in [2.05, 4.69) is 254 Å². The van der Waals surface area contributed by atoms with Gasteiger partial charge < -0.3 is 4.90 Å². The van der Waals surface area contributed by atoms with Crippen LogP contribution in [0.25, 0.3) is 75.1 Å². The zero-order valence-electron chi connectivity index (χ0n) is 35.5. The Morgan fingerprint density at radius 2 is 0.892 bits per heavy atom. The van der Waals surface area contributed by atoms with Crippen LogP contribution in [0.3, 0.4) is 0 Å². The molecule has 11 aromatic carbocycles. The number of fused-ring (bicyclic) bond motifs is 8. The van der Waals surface area contributed by atoms with Gasteiger partial charge in [0.15, 0.2) is 0 Å². The molecule has 0 saturated heterocycles. The molecular weight excluding hydrogens is 803 g/mol. The van der Waals surface area contributed by atoms with Gasteiger partial charge in [0.05, 0.1) is 11.1 Å². The Hall–Kier alpha value is -8.04. The fourth-order valence-electron chi connectivity index (χ4n) is 10.9. The van der Waals surface area contributed by atoms with Gasteiger partial charge in [-0.05, 0) is 114 Å². The highest BCUT2D eigenvalue weighted by Crippen LogP contribution is 2.57. The fraction of sp³-hybridized carbons (Fsp3) is 0.0159. The molecule has 0 aliphatic heterocycles. The standard InChI is InChI=1S/C63H41NS/c1-3-16-42(17-4-1)51-38-39-60(55-25-10-9-23-52(51)55)64(48-35-37-57-56-26-12-14-29-61(56)65-62(57)41-48)47-33-31-46(32-34-47)63(45-20-5-2-6-21-45)58-28-13-11-24-53(58)54-36-30-44(40-59(54)63)50-27-15-19-43-18-7-8-22-49(43)50/h1-41H. The smallest absolute Gasteiger partial charge is 0.0713 e. The maximum absolute atomic E-state index is 2.48. The molecule has 0 bridgehead atoms. The Balaban J connectivity index is 1.03. The first kappa shape index (κ1) is 37.5. The summed E-state index contributed by atoms with van der Waals surface area (Å²) < 4.78 is 2.58. The predicted molar refractivity (Wildman–Crippen MR) is 277 cm³/mol. The van der Waals surface area contributed by atoms with E-state index in [1.54, 1.807) is 0 Å². The Kier molecular flexibility index (Phi) is 8.69. The summed E-state index contributed by atoms with van der Waals surface area (Å²) in [5, 5.41) is 7.54. The van der Waals surface area contributed by atoms with Crippen LogP contribution in [0.15, 0.2) is 249 Å². The highest BCUT2D eigenvalue weighted by atomic mass is 32.1. The van der Waals surface area contributed by atoms with Crippen molar-refractivity contribution in [1.82, 2.24) is 0 Å². The van der Waals surface area contributed by atoms with Crippen LogP contribution in [0.2, 0.25) is 0 Å². The number of thiophene rings is 1. The summed E-state index contributed by atoms with van der Waals surface area (Å²) in [6, 6.07) is 92.3. The molecule has 65 heavy (non-hydrogen) atoms. The SMILES string of the molecule is c1ccc(-c2ccc(N(c3ccc(C4(c5ccccc5)c5ccccc5-c5ccc(-c6cccc7ccccc67)cc54)cc3)c3ccc4c(c3)sc3ccccc34)c3ccccc23)cc1. The van der Waals surface area contributed by atoms with Crippen molar-refractivity contribution in [3.8, 4) is 33.4 Å². The van der Waals surface area contributed by atoms with E-state index < -0.39 is 5.41 Å². The maximum Gasteiger partial charge on any atom is 0.0713 e. The highest BCUT2D eigenvalue weighted by Gasteiger charge is 2.46. The first-order valence-corrected chi connectivity index (χ1v) is 23.2. The second-order valence-electron chi connectivity index (χ2n) is 17.2. The summed E-state index contributed by atoms with van der Waals surface area (Å²) in [5.74, 6) is 0. The van der Waals surface area contributed by atoms with Gasteiger partial charge in [-0.15, -0.1) is 11.3 Å². The van der Waals surface area contributed by atoms with Gasteiger partial charge in [-0.1, -0.05) is 206 Å². The molecule has 0 spiro atoms. The Morgan fingerprint density at radius 3 is 1.74 bits per heavy atom. The van der Waals surface area contributed by atoms with E-state index in [-0.39, 0.29) is 0 Å². The summed E-state index contributed by atoms with van der Waals surface area (Å²) in [5.41, 5.74) is 15.4. The molecule has 0 N–H and O–H groups in total. The van der Waals surface area contributed by atoms with Gasteiger partial charge in [-0.3, -0.25) is 0 Å². The van der Waals surface area contributed by atoms with Crippen LogP contribution in [0.1, 0.15) is 22.3 Å². The van der Waals surface area contributed by atoms with Crippen molar-refractivity contribution >= 4 is 70.1 Å². The number of hydrogen-bond acceptors (Lipinski definition) is 2. The summed E-state index contributed by atoms with van der Waals surface area (Å²) in [7, 11) is 0. The summed E-state index contributed by atoms with van der Waals surface area (Å²) >= 11 is 1.86. The predicted octanol–water partition coefficient (Wildman–Crippen LogP) is 17.5. The van der Waals surface area contributed by atoms with Gasteiger partial charge in [0.2, 0.25) is 0 Å². The van der Waals surface area contributed by atoms with Crippen molar-refractivity contribution in [2.24, 2.45) is 0 Å². The normalized spacial score (nSPS) is 14.2. The summed E-state index contributed by atoms with van der Waals surface area (Å²) in [4.78, 5) is 2.47. The van der Waals surface area contributed by atoms with E-state index in [9.17, 15) is 0 Å². The van der Waals surface area contributed by atoms with Crippen LogP contribution in [-0.4, -0.2) is 0 Å². The third-order valence-corrected chi connectivity index (χ3v) is 14.9. The zero-order chi connectivity index (χ0) is 42.9. The van der Waals surface area contributed by atoms with E-state index in [0.717, 1.165) is 17.1 Å². The maximum atomic E-state index is 2.48. The van der Waals surface area contributed by atoms with Crippen LogP contribution in [0.4, 0.5) is 17.1 Å². The molecule has 1 aliphatic carbocycles. The van der Waals surface area contributed by atoms with E-state index >= 15 is 0 Å². The number of hydrogen-bond donors (Lipinski definition) is 0. The molecule has 1 nitrogen and oxygen atoms in total. The first-order valence-electron chi connectivity index (χ1n) is 22.4. The van der Waals surface area contributed by atoms with Crippen molar-refractivity contribution in [1.29, 1.82) is 0 Å². The molecular formula is C63H41NS. The molecule has 12 aromatic rings. The van der Waals surface area contributed by atoms with Gasteiger partial charge in [0.25, 0.3) is 0 Å². The lowest BCUT2D eigenvalue weighted by Crippen LogP contribution is -2.28. The Bertz CT molecular complexity index is 3770. The fourth-order valence-corrected chi connectivity index (χ4v) is 12.0. The molecule has 2 heteroatoms. The Morgan fingerprint density at radius 1 is 0.308 bits per heavy atom. The van der Waals surface area contributed by atoms with E-state index in [4.69, 9.17) is 0 Å². The number of nitrogens with zero attached hydrogens (tertiary/aromatic N) is 1. The van der Waals surface area contributed by atoms with Crippen LogP contribution < -0.4 is 4.90 Å². The van der Waals surface area contributed by atoms with Gasteiger partial charge in [-0.2, -0.15) is 0 Å². The molecule has 0 amide bonds. The lowest BCUT2D eigenvalue weighted by atomic mass is 9.67. The Labute approximate surface area is 382 Å². The minimum Gasteiger partial charge on any atom is -0.310 e. The molecule has 0 saturated carbocycles. The zero-order valence-corrected chi connectivity index (χ0v) is 36.3. The first-order chi connectivity index (χ1) is 32.2. The topological polar surface area (TPSA) is 3.24 Å². The second-order valence-corrected chi connectivity index (χ2v) is 18.2.